The first kappa shape index (κ1) is 15.9. The van der Waals surface area contributed by atoms with Crippen LogP contribution in [0.3, 0.4) is 0 Å². The van der Waals surface area contributed by atoms with Crippen molar-refractivity contribution in [3.8, 4) is 5.75 Å². The van der Waals surface area contributed by atoms with E-state index in [0.29, 0.717) is 24.4 Å². The molecule has 0 unspecified atom stereocenters. The Hall–Kier alpha value is -3.02. The smallest absolute Gasteiger partial charge is 0.319 e. The second-order valence-electron chi connectivity index (χ2n) is 5.50. The van der Waals surface area contributed by atoms with E-state index in [4.69, 9.17) is 4.74 Å². The van der Waals surface area contributed by atoms with E-state index >= 15 is 0 Å². The topological polar surface area (TPSA) is 70.7 Å². The number of para-hydroxylation sites is 1. The monoisotopic (exact) mass is 325 g/mol. The molecule has 2 N–H and O–H groups in total. The Morgan fingerprint density at radius 1 is 1.17 bits per heavy atom. The lowest BCUT2D eigenvalue weighted by Crippen LogP contribution is -2.43. The molecule has 124 valence electrons. The molecule has 24 heavy (non-hydrogen) atoms. The number of nitrogens with one attached hydrogen (secondary N) is 2. The van der Waals surface area contributed by atoms with E-state index in [1.807, 2.05) is 30.3 Å². The molecular weight excluding hydrogens is 306 g/mol. The normalized spacial score (nSPS) is 16.8. The van der Waals surface area contributed by atoms with Crippen LogP contribution in [0.1, 0.15) is 6.42 Å². The highest BCUT2D eigenvalue weighted by Crippen LogP contribution is 2.21. The van der Waals surface area contributed by atoms with Crippen LogP contribution in [0.25, 0.3) is 0 Å². The number of methoxy groups -OCH3 is 1. The highest BCUT2D eigenvalue weighted by atomic mass is 16.5. The van der Waals surface area contributed by atoms with Crippen molar-refractivity contribution in [3.63, 3.8) is 0 Å². The van der Waals surface area contributed by atoms with Crippen molar-refractivity contribution >= 4 is 23.3 Å². The van der Waals surface area contributed by atoms with Gasteiger partial charge in [0.25, 0.3) is 0 Å². The molecule has 0 saturated carbocycles. The minimum absolute atomic E-state index is 0.0954. The summed E-state index contributed by atoms with van der Waals surface area (Å²) >= 11 is 0. The van der Waals surface area contributed by atoms with Gasteiger partial charge in [-0.2, -0.15) is 0 Å². The summed E-state index contributed by atoms with van der Waals surface area (Å²) in [6.45, 7) is 0.590. The van der Waals surface area contributed by atoms with Crippen molar-refractivity contribution in [1.29, 1.82) is 0 Å². The fourth-order valence-corrected chi connectivity index (χ4v) is 2.70. The maximum absolute atomic E-state index is 12.5. The molecular formula is C18H19N3O3. The van der Waals surface area contributed by atoms with Crippen LogP contribution in [0.4, 0.5) is 16.2 Å². The fourth-order valence-electron chi connectivity index (χ4n) is 2.70. The predicted octanol–water partition coefficient (Wildman–Crippen LogP) is 2.62. The molecule has 1 saturated heterocycles. The molecule has 1 aliphatic heterocycles. The minimum Gasteiger partial charge on any atom is -0.497 e. The van der Waals surface area contributed by atoms with Gasteiger partial charge in [0.15, 0.2) is 0 Å². The van der Waals surface area contributed by atoms with E-state index in [1.54, 1.807) is 36.3 Å². The summed E-state index contributed by atoms with van der Waals surface area (Å²) in [5, 5.41) is 5.45. The third-order valence-electron chi connectivity index (χ3n) is 3.91. The summed E-state index contributed by atoms with van der Waals surface area (Å²) in [6.07, 6.45) is 0.583. The first-order chi connectivity index (χ1) is 11.7. The van der Waals surface area contributed by atoms with E-state index in [9.17, 15) is 9.59 Å². The van der Waals surface area contributed by atoms with Crippen LogP contribution in [0.5, 0.6) is 5.75 Å². The molecule has 0 aromatic heterocycles. The largest absolute Gasteiger partial charge is 0.497 e. The number of benzene rings is 2. The number of hydrogen-bond acceptors (Lipinski definition) is 3. The van der Waals surface area contributed by atoms with Gasteiger partial charge < -0.3 is 20.3 Å². The second kappa shape index (κ2) is 7.04. The van der Waals surface area contributed by atoms with Crippen LogP contribution in [0.2, 0.25) is 0 Å². The SMILES string of the molecule is COc1cccc(NC(=O)N[C@H]2CCN(c3ccccc3)C2=O)c1. The zero-order valence-corrected chi connectivity index (χ0v) is 13.4. The van der Waals surface area contributed by atoms with Crippen LogP contribution >= 0.6 is 0 Å². The van der Waals surface area contributed by atoms with E-state index in [-0.39, 0.29) is 5.91 Å². The molecule has 0 radical (unpaired) electrons. The molecule has 1 atom stereocenters. The van der Waals surface area contributed by atoms with Gasteiger partial charge in [0.2, 0.25) is 5.91 Å². The van der Waals surface area contributed by atoms with Gasteiger partial charge in [0, 0.05) is 24.0 Å². The zero-order chi connectivity index (χ0) is 16.9. The molecule has 0 aliphatic carbocycles. The van der Waals surface area contributed by atoms with E-state index in [0.717, 1.165) is 5.69 Å². The summed E-state index contributed by atoms with van der Waals surface area (Å²) < 4.78 is 5.12. The van der Waals surface area contributed by atoms with Gasteiger partial charge in [-0.15, -0.1) is 0 Å². The van der Waals surface area contributed by atoms with Gasteiger partial charge in [-0.25, -0.2) is 4.79 Å². The highest BCUT2D eigenvalue weighted by Gasteiger charge is 2.33. The Morgan fingerprint density at radius 2 is 1.96 bits per heavy atom. The highest BCUT2D eigenvalue weighted by molar-refractivity contribution is 6.02. The van der Waals surface area contributed by atoms with Crippen molar-refractivity contribution in [3.05, 3.63) is 54.6 Å². The summed E-state index contributed by atoms with van der Waals surface area (Å²) in [7, 11) is 1.56. The predicted molar refractivity (Wildman–Crippen MR) is 92.3 cm³/mol. The van der Waals surface area contributed by atoms with Crippen molar-refractivity contribution in [2.75, 3.05) is 23.9 Å². The van der Waals surface area contributed by atoms with E-state index in [2.05, 4.69) is 10.6 Å². The summed E-state index contributed by atoms with van der Waals surface area (Å²) in [5.74, 6) is 0.557. The number of anilines is 2. The van der Waals surface area contributed by atoms with Crippen molar-refractivity contribution in [2.45, 2.75) is 12.5 Å². The van der Waals surface area contributed by atoms with Crippen LogP contribution in [-0.4, -0.2) is 31.6 Å². The van der Waals surface area contributed by atoms with Gasteiger partial charge in [0.05, 0.1) is 7.11 Å². The summed E-state index contributed by atoms with van der Waals surface area (Å²) in [6, 6.07) is 15.6. The third-order valence-corrected chi connectivity index (χ3v) is 3.91. The lowest BCUT2D eigenvalue weighted by molar-refractivity contribution is -0.118. The number of urea groups is 1. The number of rotatable bonds is 4. The number of nitrogens with zero attached hydrogens (tertiary/aromatic N) is 1. The Labute approximate surface area is 140 Å². The lowest BCUT2D eigenvalue weighted by atomic mass is 10.2. The maximum Gasteiger partial charge on any atom is 0.319 e. The standard InChI is InChI=1S/C18H19N3O3/c1-24-15-9-5-6-13(12-15)19-18(23)20-16-10-11-21(17(16)22)14-7-3-2-4-8-14/h2-9,12,16H,10-11H2,1H3,(H2,19,20,23)/t16-/m0/s1. The van der Waals surface area contributed by atoms with Gasteiger partial charge in [-0.05, 0) is 30.7 Å². The quantitative estimate of drug-likeness (QED) is 0.908. The number of hydrogen-bond donors (Lipinski definition) is 2. The van der Waals surface area contributed by atoms with Crippen molar-refractivity contribution < 1.29 is 14.3 Å². The third kappa shape index (κ3) is 3.48. The number of carbonyl (C=O) groups is 2. The first-order valence-corrected chi connectivity index (χ1v) is 7.75. The molecule has 3 rings (SSSR count). The molecule has 1 heterocycles. The van der Waals surface area contributed by atoms with Crippen LogP contribution in [-0.2, 0) is 4.79 Å². The van der Waals surface area contributed by atoms with Gasteiger partial charge >= 0.3 is 6.03 Å². The number of amides is 3. The number of carbonyl (C=O) groups excluding carboxylic acids is 2. The first-order valence-electron chi connectivity index (χ1n) is 7.75. The maximum atomic E-state index is 12.5. The number of ether oxygens (including phenoxy) is 1. The van der Waals surface area contributed by atoms with Gasteiger partial charge in [0.1, 0.15) is 11.8 Å². The molecule has 3 amide bonds. The second-order valence-corrected chi connectivity index (χ2v) is 5.50. The lowest BCUT2D eigenvalue weighted by Gasteiger charge is -2.17. The summed E-state index contributed by atoms with van der Waals surface area (Å²) in [4.78, 5) is 26.3. The average molecular weight is 325 g/mol. The Balaban J connectivity index is 1.60. The van der Waals surface area contributed by atoms with E-state index < -0.39 is 12.1 Å². The Kier molecular flexibility index (Phi) is 4.65. The minimum atomic E-state index is -0.518. The van der Waals surface area contributed by atoms with Gasteiger partial charge in [-0.1, -0.05) is 24.3 Å². The molecule has 1 aliphatic rings. The molecule has 2 aromatic carbocycles. The van der Waals surface area contributed by atoms with Crippen molar-refractivity contribution in [1.82, 2.24) is 5.32 Å². The molecule has 6 heteroatoms. The molecule has 0 spiro atoms. The van der Waals surface area contributed by atoms with Gasteiger partial charge in [-0.3, -0.25) is 4.79 Å². The van der Waals surface area contributed by atoms with Crippen LogP contribution < -0.4 is 20.3 Å². The Morgan fingerprint density at radius 3 is 2.71 bits per heavy atom. The average Bonchev–Trinajstić information content (AvgIpc) is 2.96. The zero-order valence-electron chi connectivity index (χ0n) is 13.4. The molecule has 1 fully saturated rings. The fraction of sp³-hybridized carbons (Fsp3) is 0.222. The van der Waals surface area contributed by atoms with Crippen molar-refractivity contribution in [2.24, 2.45) is 0 Å². The molecule has 0 bridgehead atoms. The molecule has 6 nitrogen and oxygen atoms in total. The molecule has 2 aromatic rings. The van der Waals surface area contributed by atoms with Crippen LogP contribution in [0, 0.1) is 0 Å². The Bertz CT molecular complexity index is 733. The van der Waals surface area contributed by atoms with E-state index in [1.165, 1.54) is 0 Å². The van der Waals surface area contributed by atoms with Crippen LogP contribution in [0.15, 0.2) is 54.6 Å². The summed E-state index contributed by atoms with van der Waals surface area (Å²) in [5.41, 5.74) is 1.46.